The van der Waals surface area contributed by atoms with Gasteiger partial charge in [-0.3, -0.25) is 9.59 Å². The van der Waals surface area contributed by atoms with Gasteiger partial charge < -0.3 is 14.8 Å². The molecule has 0 saturated heterocycles. The molecule has 4 rings (SSSR count). The Kier molecular flexibility index (Phi) is 5.92. The van der Waals surface area contributed by atoms with Crippen LogP contribution in [0.1, 0.15) is 22.3 Å². The van der Waals surface area contributed by atoms with E-state index in [-0.39, 0.29) is 5.70 Å². The highest BCUT2D eigenvalue weighted by Crippen LogP contribution is 2.38. The molecule has 0 atom stereocenters. The lowest BCUT2D eigenvalue weighted by Gasteiger charge is -2.19. The van der Waals surface area contributed by atoms with E-state index in [1.54, 1.807) is 25.3 Å². The smallest absolute Gasteiger partial charge is 0.282 e. The molecule has 0 saturated carbocycles. The molecule has 0 aromatic heterocycles. The van der Waals surface area contributed by atoms with Gasteiger partial charge in [0.15, 0.2) is 0 Å². The number of rotatable bonds is 6. The van der Waals surface area contributed by atoms with Gasteiger partial charge in [-0.05, 0) is 67.3 Å². The Balaban J connectivity index is 1.87. The zero-order chi connectivity index (χ0) is 23.7. The maximum atomic E-state index is 13.7. The summed E-state index contributed by atoms with van der Waals surface area (Å²) in [6.07, 6.45) is 0. The molecule has 0 unspecified atom stereocenters. The molecule has 33 heavy (non-hydrogen) atoms. The molecule has 168 valence electrons. The van der Waals surface area contributed by atoms with Crippen molar-refractivity contribution in [1.82, 2.24) is 0 Å². The molecular weight excluding hydrogens is 416 g/mol. The number of nitrogens with zero attached hydrogens (tertiary/aromatic N) is 1. The number of aryl methyl sites for hydroxylation is 3. The first-order valence-corrected chi connectivity index (χ1v) is 10.6. The molecule has 2 amide bonds. The van der Waals surface area contributed by atoms with Gasteiger partial charge in [-0.25, -0.2) is 4.90 Å². The van der Waals surface area contributed by atoms with Crippen molar-refractivity contribution in [3.8, 4) is 11.5 Å². The number of hydrogen-bond acceptors (Lipinski definition) is 5. The normalized spacial score (nSPS) is 13.5. The van der Waals surface area contributed by atoms with Gasteiger partial charge in [0, 0.05) is 11.8 Å². The predicted octanol–water partition coefficient (Wildman–Crippen LogP) is 5.03. The molecule has 6 heteroatoms. The van der Waals surface area contributed by atoms with E-state index in [1.165, 1.54) is 12.0 Å². The molecule has 3 aromatic rings. The Morgan fingerprint density at radius 1 is 0.788 bits per heavy atom. The summed E-state index contributed by atoms with van der Waals surface area (Å²) in [6, 6.07) is 18.4. The van der Waals surface area contributed by atoms with Gasteiger partial charge in [-0.15, -0.1) is 0 Å². The second-order valence-corrected chi connectivity index (χ2v) is 8.03. The average molecular weight is 443 g/mol. The van der Waals surface area contributed by atoms with Crippen LogP contribution in [0.3, 0.4) is 0 Å². The topological polar surface area (TPSA) is 67.9 Å². The maximum absolute atomic E-state index is 13.7. The molecule has 3 aromatic carbocycles. The van der Waals surface area contributed by atoms with Crippen LogP contribution in [0.25, 0.3) is 5.57 Å². The van der Waals surface area contributed by atoms with Crippen LogP contribution in [0.5, 0.6) is 11.5 Å². The fraction of sp³-hybridized carbons (Fsp3) is 0.185. The van der Waals surface area contributed by atoms with Crippen LogP contribution < -0.4 is 19.7 Å². The first kappa shape index (κ1) is 22.1. The van der Waals surface area contributed by atoms with Crippen LogP contribution in [0.4, 0.5) is 11.4 Å². The van der Waals surface area contributed by atoms with Crippen LogP contribution in [-0.2, 0) is 9.59 Å². The molecule has 0 aliphatic carbocycles. The fourth-order valence-electron chi connectivity index (χ4n) is 3.85. The average Bonchev–Trinajstić information content (AvgIpc) is 3.05. The van der Waals surface area contributed by atoms with Crippen LogP contribution >= 0.6 is 0 Å². The Morgan fingerprint density at radius 2 is 1.58 bits per heavy atom. The zero-order valence-electron chi connectivity index (χ0n) is 19.4. The monoisotopic (exact) mass is 442 g/mol. The Hall–Kier alpha value is -4.06. The summed E-state index contributed by atoms with van der Waals surface area (Å²) in [4.78, 5) is 28.6. The maximum Gasteiger partial charge on any atom is 0.282 e. The first-order valence-electron chi connectivity index (χ1n) is 10.6. The zero-order valence-corrected chi connectivity index (χ0v) is 19.4. The number of imide groups is 1. The number of nitrogens with one attached hydrogen (secondary N) is 1. The molecule has 1 aliphatic heterocycles. The van der Waals surface area contributed by atoms with E-state index in [1.807, 2.05) is 63.2 Å². The number of carbonyl (C=O) groups excluding carboxylic acids is 2. The SMILES string of the molecule is COc1cccc(NC2=C(c3ccc(C)c(C)c3)C(=O)N(c3cc(C)ccc3OC)C2=O)c1. The second-order valence-electron chi connectivity index (χ2n) is 8.03. The number of benzene rings is 3. The molecule has 1 aliphatic rings. The summed E-state index contributed by atoms with van der Waals surface area (Å²) in [5.41, 5.74) is 5.31. The molecule has 1 heterocycles. The quantitative estimate of drug-likeness (QED) is 0.543. The van der Waals surface area contributed by atoms with E-state index in [2.05, 4.69) is 5.32 Å². The summed E-state index contributed by atoms with van der Waals surface area (Å²) in [6.45, 7) is 5.90. The van der Waals surface area contributed by atoms with Crippen molar-refractivity contribution in [2.45, 2.75) is 20.8 Å². The highest BCUT2D eigenvalue weighted by Gasteiger charge is 2.41. The lowest BCUT2D eigenvalue weighted by atomic mass is 9.99. The van der Waals surface area contributed by atoms with Crippen molar-refractivity contribution in [3.63, 3.8) is 0 Å². The third kappa shape index (κ3) is 4.07. The van der Waals surface area contributed by atoms with Crippen LogP contribution in [-0.4, -0.2) is 26.0 Å². The van der Waals surface area contributed by atoms with Gasteiger partial charge >= 0.3 is 0 Å². The molecule has 0 fully saturated rings. The predicted molar refractivity (Wildman–Crippen MR) is 130 cm³/mol. The minimum Gasteiger partial charge on any atom is -0.497 e. The van der Waals surface area contributed by atoms with E-state index >= 15 is 0 Å². The van der Waals surface area contributed by atoms with E-state index < -0.39 is 11.8 Å². The minimum absolute atomic E-state index is 0.208. The second kappa shape index (κ2) is 8.82. The summed E-state index contributed by atoms with van der Waals surface area (Å²) >= 11 is 0. The summed E-state index contributed by atoms with van der Waals surface area (Å²) < 4.78 is 10.8. The van der Waals surface area contributed by atoms with Crippen molar-refractivity contribution in [2.75, 3.05) is 24.4 Å². The van der Waals surface area contributed by atoms with Crippen molar-refractivity contribution < 1.29 is 19.1 Å². The van der Waals surface area contributed by atoms with Gasteiger partial charge in [-0.1, -0.05) is 30.3 Å². The lowest BCUT2D eigenvalue weighted by Crippen LogP contribution is -2.32. The Bertz CT molecular complexity index is 1290. The number of ether oxygens (including phenoxy) is 2. The van der Waals surface area contributed by atoms with Crippen molar-refractivity contribution in [1.29, 1.82) is 0 Å². The number of methoxy groups -OCH3 is 2. The van der Waals surface area contributed by atoms with Crippen molar-refractivity contribution in [2.24, 2.45) is 0 Å². The molecule has 0 radical (unpaired) electrons. The molecule has 6 nitrogen and oxygen atoms in total. The number of anilines is 2. The summed E-state index contributed by atoms with van der Waals surface area (Å²) in [5, 5.41) is 3.18. The third-order valence-corrected chi connectivity index (χ3v) is 5.79. The minimum atomic E-state index is -0.444. The van der Waals surface area contributed by atoms with Gasteiger partial charge in [-0.2, -0.15) is 0 Å². The van der Waals surface area contributed by atoms with Gasteiger partial charge in [0.25, 0.3) is 11.8 Å². The largest absolute Gasteiger partial charge is 0.497 e. The van der Waals surface area contributed by atoms with Gasteiger partial charge in [0.2, 0.25) is 0 Å². The molecule has 0 bridgehead atoms. The molecule has 0 spiro atoms. The standard InChI is InChI=1S/C27H26N2O4/c1-16-9-12-23(33-5)22(13-16)29-26(30)24(19-11-10-17(2)18(3)14-19)25(27(29)31)28-20-7-6-8-21(15-20)32-4/h6-15,28H,1-5H3. The van der Waals surface area contributed by atoms with E-state index in [0.717, 1.165) is 16.7 Å². The first-order chi connectivity index (χ1) is 15.8. The molecular formula is C27H26N2O4. The summed E-state index contributed by atoms with van der Waals surface area (Å²) in [5.74, 6) is 0.240. The van der Waals surface area contributed by atoms with E-state index in [4.69, 9.17) is 9.47 Å². The van der Waals surface area contributed by atoms with Crippen LogP contribution in [0, 0.1) is 20.8 Å². The van der Waals surface area contributed by atoms with Crippen molar-refractivity contribution >= 4 is 28.8 Å². The molecule has 1 N–H and O–H groups in total. The fourth-order valence-corrected chi connectivity index (χ4v) is 3.85. The lowest BCUT2D eigenvalue weighted by molar-refractivity contribution is -0.120. The van der Waals surface area contributed by atoms with Gasteiger partial charge in [0.1, 0.15) is 17.2 Å². The number of amides is 2. The summed E-state index contributed by atoms with van der Waals surface area (Å²) in [7, 11) is 3.10. The van der Waals surface area contributed by atoms with E-state index in [9.17, 15) is 9.59 Å². The van der Waals surface area contributed by atoms with E-state index in [0.29, 0.717) is 34.0 Å². The third-order valence-electron chi connectivity index (χ3n) is 5.79. The highest BCUT2D eigenvalue weighted by molar-refractivity contribution is 6.46. The van der Waals surface area contributed by atoms with Gasteiger partial charge in [0.05, 0.1) is 25.5 Å². The number of hydrogen-bond donors (Lipinski definition) is 1. The Morgan fingerprint density at radius 3 is 2.27 bits per heavy atom. The van der Waals surface area contributed by atoms with Crippen molar-refractivity contribution in [3.05, 3.63) is 88.6 Å². The Labute approximate surface area is 193 Å². The van der Waals surface area contributed by atoms with Crippen LogP contribution in [0.15, 0.2) is 66.4 Å². The highest BCUT2D eigenvalue weighted by atomic mass is 16.5. The van der Waals surface area contributed by atoms with Crippen LogP contribution in [0.2, 0.25) is 0 Å². The number of carbonyl (C=O) groups is 2.